The fourth-order valence-electron chi connectivity index (χ4n) is 2.36. The second-order valence-electron chi connectivity index (χ2n) is 5.09. The Kier molecular flexibility index (Phi) is 3.55. The molecular weight excluding hydrogens is 233 g/mol. The molecule has 1 aromatic carbocycles. The molecule has 1 aromatic rings. The number of hydrogen-bond donors (Lipinski definition) is 0. The number of ether oxygens (including phenoxy) is 1. The van der Waals surface area contributed by atoms with Crippen LogP contribution in [0, 0.1) is 11.7 Å². The number of hydrogen-bond acceptors (Lipinski definition) is 2. The highest BCUT2D eigenvalue weighted by Crippen LogP contribution is 2.26. The number of amides is 1. The highest BCUT2D eigenvalue weighted by Gasteiger charge is 2.40. The van der Waals surface area contributed by atoms with Crippen molar-refractivity contribution in [3.05, 3.63) is 35.6 Å². The first kappa shape index (κ1) is 12.9. The molecule has 0 spiro atoms. The van der Waals surface area contributed by atoms with E-state index in [2.05, 4.69) is 0 Å². The third-order valence-electron chi connectivity index (χ3n) is 3.34. The van der Waals surface area contributed by atoms with Gasteiger partial charge in [0.05, 0.1) is 6.04 Å². The second-order valence-corrected chi connectivity index (χ2v) is 5.09. The maximum absolute atomic E-state index is 13.1. The summed E-state index contributed by atoms with van der Waals surface area (Å²) in [6.07, 6.45) is -0.406. The molecular formula is C14H18FNO2. The molecule has 1 unspecified atom stereocenters. The number of carbonyl (C=O) groups is 1. The molecule has 0 aromatic heterocycles. The van der Waals surface area contributed by atoms with E-state index in [0.29, 0.717) is 6.54 Å². The molecule has 0 radical (unpaired) electrons. The van der Waals surface area contributed by atoms with Gasteiger partial charge in [-0.2, -0.15) is 0 Å². The molecule has 18 heavy (non-hydrogen) atoms. The molecule has 0 aliphatic carbocycles. The Hall–Kier alpha value is -1.58. The van der Waals surface area contributed by atoms with Crippen LogP contribution in [0.3, 0.4) is 0 Å². The molecule has 1 fully saturated rings. The van der Waals surface area contributed by atoms with Gasteiger partial charge in [-0.05, 0) is 30.5 Å². The minimum atomic E-state index is -0.314. The van der Waals surface area contributed by atoms with Crippen LogP contribution in [0.15, 0.2) is 24.3 Å². The largest absolute Gasteiger partial charge is 0.444 e. The molecule has 1 heterocycles. The van der Waals surface area contributed by atoms with Gasteiger partial charge in [0.1, 0.15) is 11.9 Å². The zero-order valence-electron chi connectivity index (χ0n) is 10.9. The lowest BCUT2D eigenvalue weighted by atomic mass is 10.0. The quantitative estimate of drug-likeness (QED) is 0.825. The van der Waals surface area contributed by atoms with Crippen molar-refractivity contribution < 1.29 is 13.9 Å². The monoisotopic (exact) mass is 251 g/mol. The summed E-state index contributed by atoms with van der Waals surface area (Å²) in [6.45, 7) is 6.41. The van der Waals surface area contributed by atoms with Gasteiger partial charge in [0.25, 0.3) is 0 Å². The SMILES string of the molecule is CC(C)C1OC(=O)N(Cc2cccc(F)c2)[C@@H]1C. The normalized spacial score (nSPS) is 23.6. The first-order chi connectivity index (χ1) is 8.49. The van der Waals surface area contributed by atoms with Crippen LogP contribution in [0.25, 0.3) is 0 Å². The summed E-state index contributed by atoms with van der Waals surface area (Å²) in [5.74, 6) is -0.00501. The zero-order valence-corrected chi connectivity index (χ0v) is 10.9. The van der Waals surface area contributed by atoms with Crippen molar-refractivity contribution in [2.24, 2.45) is 5.92 Å². The van der Waals surface area contributed by atoms with Gasteiger partial charge in [-0.15, -0.1) is 0 Å². The van der Waals surface area contributed by atoms with E-state index in [1.54, 1.807) is 11.0 Å². The molecule has 3 nitrogen and oxygen atoms in total. The van der Waals surface area contributed by atoms with E-state index in [1.165, 1.54) is 12.1 Å². The van der Waals surface area contributed by atoms with E-state index in [4.69, 9.17) is 4.74 Å². The number of benzene rings is 1. The lowest BCUT2D eigenvalue weighted by Crippen LogP contribution is -2.35. The van der Waals surface area contributed by atoms with Crippen LogP contribution in [0.1, 0.15) is 26.3 Å². The van der Waals surface area contributed by atoms with Gasteiger partial charge in [-0.25, -0.2) is 9.18 Å². The Labute approximate surface area is 107 Å². The lowest BCUT2D eigenvalue weighted by Gasteiger charge is -2.22. The molecule has 0 bridgehead atoms. The Morgan fingerprint density at radius 1 is 1.44 bits per heavy atom. The van der Waals surface area contributed by atoms with Gasteiger partial charge in [0.2, 0.25) is 0 Å². The van der Waals surface area contributed by atoms with Gasteiger partial charge >= 0.3 is 6.09 Å². The highest BCUT2D eigenvalue weighted by molar-refractivity contribution is 5.70. The number of carbonyl (C=O) groups excluding carboxylic acids is 1. The Bertz CT molecular complexity index is 447. The van der Waals surface area contributed by atoms with Crippen molar-refractivity contribution in [1.82, 2.24) is 4.90 Å². The van der Waals surface area contributed by atoms with Crippen molar-refractivity contribution in [3.8, 4) is 0 Å². The molecule has 1 amide bonds. The molecule has 0 N–H and O–H groups in total. The van der Waals surface area contributed by atoms with Crippen molar-refractivity contribution in [2.45, 2.75) is 39.5 Å². The highest BCUT2D eigenvalue weighted by atomic mass is 19.1. The van der Waals surface area contributed by atoms with Crippen LogP contribution >= 0.6 is 0 Å². The van der Waals surface area contributed by atoms with Gasteiger partial charge in [-0.1, -0.05) is 26.0 Å². The van der Waals surface area contributed by atoms with Gasteiger partial charge in [-0.3, -0.25) is 4.90 Å². The smallest absolute Gasteiger partial charge is 0.410 e. The summed E-state index contributed by atoms with van der Waals surface area (Å²) in [5.41, 5.74) is 0.781. The Morgan fingerprint density at radius 3 is 2.72 bits per heavy atom. The van der Waals surface area contributed by atoms with E-state index < -0.39 is 0 Å². The molecule has 1 saturated heterocycles. The maximum atomic E-state index is 13.1. The Balaban J connectivity index is 2.12. The van der Waals surface area contributed by atoms with Crippen LogP contribution in [-0.2, 0) is 11.3 Å². The predicted molar refractivity (Wildman–Crippen MR) is 66.5 cm³/mol. The first-order valence-electron chi connectivity index (χ1n) is 6.20. The van der Waals surface area contributed by atoms with Crippen LogP contribution in [0.2, 0.25) is 0 Å². The lowest BCUT2D eigenvalue weighted by molar-refractivity contribution is 0.104. The second kappa shape index (κ2) is 4.96. The average molecular weight is 251 g/mol. The van der Waals surface area contributed by atoms with Crippen LogP contribution in [0.4, 0.5) is 9.18 Å². The van der Waals surface area contributed by atoms with E-state index in [0.717, 1.165) is 5.56 Å². The number of halogens is 1. The topological polar surface area (TPSA) is 29.5 Å². The van der Waals surface area contributed by atoms with Gasteiger partial charge < -0.3 is 4.74 Å². The Morgan fingerprint density at radius 2 is 2.17 bits per heavy atom. The minimum Gasteiger partial charge on any atom is -0.444 e. The fraction of sp³-hybridized carbons (Fsp3) is 0.500. The summed E-state index contributed by atoms with van der Waals surface area (Å²) < 4.78 is 18.4. The molecule has 1 aliphatic heterocycles. The summed E-state index contributed by atoms with van der Waals surface area (Å²) in [4.78, 5) is 13.5. The maximum Gasteiger partial charge on any atom is 0.410 e. The summed E-state index contributed by atoms with van der Waals surface area (Å²) >= 11 is 0. The predicted octanol–water partition coefficient (Wildman–Crippen LogP) is 3.19. The summed E-state index contributed by atoms with van der Waals surface area (Å²) in [5, 5.41) is 0. The van der Waals surface area contributed by atoms with Crippen LogP contribution in [-0.4, -0.2) is 23.1 Å². The van der Waals surface area contributed by atoms with Crippen molar-refractivity contribution in [1.29, 1.82) is 0 Å². The molecule has 2 atom stereocenters. The number of nitrogens with zero attached hydrogens (tertiary/aromatic N) is 1. The molecule has 4 heteroatoms. The zero-order chi connectivity index (χ0) is 13.3. The standard InChI is InChI=1S/C14H18FNO2/c1-9(2)13-10(3)16(14(17)18-13)8-11-5-4-6-12(15)7-11/h4-7,9-10,13H,8H2,1-3H3/t10-,13?/m1/s1. The minimum absolute atomic E-state index is 0.0146. The average Bonchev–Trinajstić information content (AvgIpc) is 2.57. The van der Waals surface area contributed by atoms with Crippen molar-refractivity contribution in [2.75, 3.05) is 0 Å². The van der Waals surface area contributed by atoms with Gasteiger partial charge in [0.15, 0.2) is 0 Å². The molecule has 2 rings (SSSR count). The van der Waals surface area contributed by atoms with E-state index >= 15 is 0 Å². The van der Waals surface area contributed by atoms with Crippen molar-refractivity contribution in [3.63, 3.8) is 0 Å². The third kappa shape index (κ3) is 2.47. The molecule has 98 valence electrons. The first-order valence-corrected chi connectivity index (χ1v) is 6.20. The van der Waals surface area contributed by atoms with E-state index in [-0.39, 0.29) is 30.0 Å². The van der Waals surface area contributed by atoms with E-state index in [9.17, 15) is 9.18 Å². The molecule has 1 aliphatic rings. The summed E-state index contributed by atoms with van der Waals surface area (Å²) in [7, 11) is 0. The van der Waals surface area contributed by atoms with Crippen LogP contribution in [0.5, 0.6) is 0 Å². The fourth-order valence-corrected chi connectivity index (χ4v) is 2.36. The van der Waals surface area contributed by atoms with Crippen LogP contribution < -0.4 is 0 Å². The number of cyclic esters (lactones) is 1. The third-order valence-corrected chi connectivity index (χ3v) is 3.34. The number of rotatable bonds is 3. The summed E-state index contributed by atoms with van der Waals surface area (Å²) in [6, 6.07) is 6.32. The van der Waals surface area contributed by atoms with Gasteiger partial charge in [0, 0.05) is 6.54 Å². The van der Waals surface area contributed by atoms with Crippen molar-refractivity contribution >= 4 is 6.09 Å². The van der Waals surface area contributed by atoms with E-state index in [1.807, 2.05) is 26.8 Å². The molecule has 0 saturated carbocycles.